The molecular formula is C23H23N5O2. The third kappa shape index (κ3) is 3.22. The summed E-state index contributed by atoms with van der Waals surface area (Å²) in [6, 6.07) is 17.6. The Hall–Kier alpha value is -3.61. The van der Waals surface area contributed by atoms with Gasteiger partial charge in [0.15, 0.2) is 11.4 Å². The van der Waals surface area contributed by atoms with Gasteiger partial charge in [0, 0.05) is 6.54 Å². The number of nitrogens with zero attached hydrogens (tertiary/aromatic N) is 4. The number of rotatable bonds is 5. The Kier molecular flexibility index (Phi) is 4.71. The van der Waals surface area contributed by atoms with E-state index in [-0.39, 0.29) is 11.9 Å². The first kappa shape index (κ1) is 18.4. The average Bonchev–Trinajstić information content (AvgIpc) is 3.51. The maximum atomic E-state index is 13.5. The van der Waals surface area contributed by atoms with Gasteiger partial charge in [-0.15, -0.1) is 0 Å². The summed E-state index contributed by atoms with van der Waals surface area (Å²) in [6.07, 6.45) is 3.57. The molecule has 1 aliphatic heterocycles. The van der Waals surface area contributed by atoms with Crippen molar-refractivity contribution >= 4 is 16.9 Å². The van der Waals surface area contributed by atoms with Crippen LogP contribution in [0.4, 0.5) is 0 Å². The van der Waals surface area contributed by atoms with Gasteiger partial charge in [0.05, 0.1) is 35.6 Å². The molecule has 2 aromatic heterocycles. The third-order valence-electron chi connectivity index (χ3n) is 5.44. The van der Waals surface area contributed by atoms with E-state index in [4.69, 9.17) is 9.72 Å². The summed E-state index contributed by atoms with van der Waals surface area (Å²) in [5.74, 6) is 1.19. The van der Waals surface area contributed by atoms with Crippen molar-refractivity contribution in [1.82, 2.24) is 24.6 Å². The Balaban J connectivity index is 1.49. The molecule has 7 heteroatoms. The summed E-state index contributed by atoms with van der Waals surface area (Å²) in [5.41, 5.74) is 3.11. The molecule has 5 rings (SSSR count). The average molecular weight is 401 g/mol. The van der Waals surface area contributed by atoms with Crippen LogP contribution >= 0.6 is 0 Å². The Morgan fingerprint density at radius 1 is 1.17 bits per heavy atom. The van der Waals surface area contributed by atoms with E-state index in [0.29, 0.717) is 24.6 Å². The monoisotopic (exact) mass is 401 g/mol. The number of likely N-dealkylation sites (tertiary alicyclic amines) is 1. The normalized spacial score (nSPS) is 16.3. The number of aromatic nitrogens is 4. The molecule has 1 N–H and O–H groups in total. The first-order valence-electron chi connectivity index (χ1n) is 10.3. The maximum Gasteiger partial charge on any atom is 0.278 e. The second kappa shape index (κ2) is 7.67. The SMILES string of the molecule is CCOc1cn(-c2ccccc2)nc1C(=O)N1CCCC1c1nc2ccccc2[nH]1. The van der Waals surface area contributed by atoms with Crippen molar-refractivity contribution in [1.29, 1.82) is 0 Å². The molecule has 152 valence electrons. The lowest BCUT2D eigenvalue weighted by Gasteiger charge is -2.22. The van der Waals surface area contributed by atoms with Crippen molar-refractivity contribution in [2.75, 3.05) is 13.2 Å². The van der Waals surface area contributed by atoms with Gasteiger partial charge in [0.1, 0.15) is 5.82 Å². The highest BCUT2D eigenvalue weighted by atomic mass is 16.5. The molecule has 2 aromatic carbocycles. The zero-order chi connectivity index (χ0) is 20.5. The summed E-state index contributed by atoms with van der Waals surface area (Å²) in [7, 11) is 0. The second-order valence-corrected chi connectivity index (χ2v) is 7.35. The fourth-order valence-corrected chi connectivity index (χ4v) is 4.04. The molecule has 4 aromatic rings. The highest BCUT2D eigenvalue weighted by molar-refractivity contribution is 5.95. The minimum atomic E-state index is -0.129. The van der Waals surface area contributed by atoms with Crippen molar-refractivity contribution < 1.29 is 9.53 Å². The topological polar surface area (TPSA) is 76.0 Å². The number of hydrogen-bond acceptors (Lipinski definition) is 4. The van der Waals surface area contributed by atoms with Crippen molar-refractivity contribution in [3.8, 4) is 11.4 Å². The summed E-state index contributed by atoms with van der Waals surface area (Å²) in [4.78, 5) is 23.5. The molecule has 1 atom stereocenters. The van der Waals surface area contributed by atoms with Crippen LogP contribution in [0.3, 0.4) is 0 Å². The smallest absolute Gasteiger partial charge is 0.278 e. The molecule has 7 nitrogen and oxygen atoms in total. The summed E-state index contributed by atoms with van der Waals surface area (Å²) < 4.78 is 7.45. The zero-order valence-electron chi connectivity index (χ0n) is 16.8. The predicted molar refractivity (Wildman–Crippen MR) is 114 cm³/mol. The predicted octanol–water partition coefficient (Wildman–Crippen LogP) is 4.12. The summed E-state index contributed by atoms with van der Waals surface area (Å²) >= 11 is 0. The Labute approximate surface area is 174 Å². The van der Waals surface area contributed by atoms with Crippen LogP contribution in [0.25, 0.3) is 16.7 Å². The minimum Gasteiger partial charge on any atom is -0.490 e. The van der Waals surface area contributed by atoms with E-state index in [1.54, 1.807) is 10.9 Å². The van der Waals surface area contributed by atoms with E-state index >= 15 is 0 Å². The first-order valence-corrected chi connectivity index (χ1v) is 10.3. The van der Waals surface area contributed by atoms with Gasteiger partial charge in [-0.25, -0.2) is 9.67 Å². The van der Waals surface area contributed by atoms with Gasteiger partial charge in [-0.2, -0.15) is 5.10 Å². The number of imidazole rings is 1. The van der Waals surface area contributed by atoms with Crippen LogP contribution in [0.15, 0.2) is 60.8 Å². The van der Waals surface area contributed by atoms with Crippen LogP contribution in [0.5, 0.6) is 5.75 Å². The van der Waals surface area contributed by atoms with E-state index in [1.165, 1.54) is 0 Å². The van der Waals surface area contributed by atoms with Crippen molar-refractivity contribution in [2.45, 2.75) is 25.8 Å². The van der Waals surface area contributed by atoms with Crippen molar-refractivity contribution in [3.63, 3.8) is 0 Å². The number of para-hydroxylation sites is 3. The van der Waals surface area contributed by atoms with Gasteiger partial charge in [-0.3, -0.25) is 4.79 Å². The maximum absolute atomic E-state index is 13.5. The van der Waals surface area contributed by atoms with Crippen molar-refractivity contribution in [3.05, 3.63) is 72.3 Å². The second-order valence-electron chi connectivity index (χ2n) is 7.35. The number of aromatic amines is 1. The number of carbonyl (C=O) groups is 1. The summed E-state index contributed by atoms with van der Waals surface area (Å²) in [6.45, 7) is 3.04. The molecule has 1 fully saturated rings. The molecule has 0 spiro atoms. The van der Waals surface area contributed by atoms with E-state index in [9.17, 15) is 4.79 Å². The molecule has 3 heterocycles. The van der Waals surface area contributed by atoms with Crippen LogP contribution in [-0.2, 0) is 0 Å². The van der Waals surface area contributed by atoms with Crippen LogP contribution in [0, 0.1) is 0 Å². The van der Waals surface area contributed by atoms with E-state index in [0.717, 1.165) is 35.4 Å². The first-order chi connectivity index (χ1) is 14.7. The van der Waals surface area contributed by atoms with E-state index in [1.807, 2.05) is 66.4 Å². The highest BCUT2D eigenvalue weighted by Crippen LogP contribution is 2.34. The van der Waals surface area contributed by atoms with Crippen molar-refractivity contribution in [2.24, 2.45) is 0 Å². The Morgan fingerprint density at radius 3 is 2.77 bits per heavy atom. The Morgan fingerprint density at radius 2 is 1.97 bits per heavy atom. The van der Waals surface area contributed by atoms with Gasteiger partial charge in [0.2, 0.25) is 0 Å². The molecule has 0 radical (unpaired) electrons. The molecular weight excluding hydrogens is 378 g/mol. The molecule has 1 aliphatic rings. The van der Waals surface area contributed by atoms with E-state index in [2.05, 4.69) is 10.1 Å². The third-order valence-corrected chi connectivity index (χ3v) is 5.44. The number of benzene rings is 2. The molecule has 1 unspecified atom stereocenters. The van der Waals surface area contributed by atoms with Gasteiger partial charge in [0.25, 0.3) is 5.91 Å². The van der Waals surface area contributed by atoms with Gasteiger partial charge in [-0.05, 0) is 44.0 Å². The number of H-pyrrole nitrogens is 1. The number of nitrogens with one attached hydrogen (secondary N) is 1. The molecule has 1 amide bonds. The van der Waals surface area contributed by atoms with Crippen LogP contribution in [-0.4, -0.2) is 43.7 Å². The fraction of sp³-hybridized carbons (Fsp3) is 0.261. The van der Waals surface area contributed by atoms with Gasteiger partial charge in [-0.1, -0.05) is 30.3 Å². The molecule has 30 heavy (non-hydrogen) atoms. The minimum absolute atomic E-state index is 0.0961. The van der Waals surface area contributed by atoms with Gasteiger partial charge < -0.3 is 14.6 Å². The summed E-state index contributed by atoms with van der Waals surface area (Å²) in [5, 5.41) is 4.58. The van der Waals surface area contributed by atoms with Crippen LogP contribution in [0.1, 0.15) is 42.1 Å². The van der Waals surface area contributed by atoms with Crippen LogP contribution in [0.2, 0.25) is 0 Å². The lowest BCUT2D eigenvalue weighted by molar-refractivity contribution is 0.0720. The number of hydrogen-bond donors (Lipinski definition) is 1. The number of amides is 1. The lowest BCUT2D eigenvalue weighted by Crippen LogP contribution is -2.31. The number of fused-ring (bicyclic) bond motifs is 1. The molecule has 0 aliphatic carbocycles. The molecule has 1 saturated heterocycles. The molecule has 0 bridgehead atoms. The van der Waals surface area contributed by atoms with E-state index < -0.39 is 0 Å². The number of ether oxygens (including phenoxy) is 1. The van der Waals surface area contributed by atoms with Gasteiger partial charge >= 0.3 is 0 Å². The lowest BCUT2D eigenvalue weighted by atomic mass is 10.2. The quantitative estimate of drug-likeness (QED) is 0.546. The zero-order valence-corrected chi connectivity index (χ0v) is 16.8. The van der Waals surface area contributed by atoms with Crippen LogP contribution < -0.4 is 4.74 Å². The number of carbonyl (C=O) groups excluding carboxylic acids is 1. The Bertz CT molecular complexity index is 1150. The largest absolute Gasteiger partial charge is 0.490 e. The molecule has 0 saturated carbocycles. The fourth-order valence-electron chi connectivity index (χ4n) is 4.04. The standard InChI is InChI=1S/C23H23N5O2/c1-2-30-20-15-28(16-9-4-3-5-10-16)26-21(20)23(29)27-14-8-13-19(27)22-24-17-11-6-7-12-18(17)25-22/h3-7,9-12,15,19H,2,8,13-14H2,1H3,(H,24,25). The highest BCUT2D eigenvalue weighted by Gasteiger charge is 2.35.